The van der Waals surface area contributed by atoms with Crippen LogP contribution in [0.5, 0.6) is 0 Å². The van der Waals surface area contributed by atoms with Crippen LogP contribution in [-0.2, 0) is 5.41 Å². The summed E-state index contributed by atoms with van der Waals surface area (Å²) in [6, 6.07) is 8.25. The maximum absolute atomic E-state index is 4.84. The minimum Gasteiger partial charge on any atom is -0.341 e. The number of nitrogens with one attached hydrogen (secondary N) is 1. The summed E-state index contributed by atoms with van der Waals surface area (Å²) in [4.78, 5) is 0. The van der Waals surface area contributed by atoms with Gasteiger partial charge in [0.1, 0.15) is 4.32 Å². The van der Waals surface area contributed by atoms with Gasteiger partial charge in [-0.3, -0.25) is 0 Å². The molecule has 1 aromatic rings. The maximum atomic E-state index is 4.84. The van der Waals surface area contributed by atoms with E-state index >= 15 is 0 Å². The van der Waals surface area contributed by atoms with Crippen LogP contribution in [0.25, 0.3) is 0 Å². The van der Waals surface area contributed by atoms with Crippen molar-refractivity contribution in [2.75, 3.05) is 5.32 Å². The van der Waals surface area contributed by atoms with Crippen molar-refractivity contribution in [3.8, 4) is 0 Å². The van der Waals surface area contributed by atoms with Crippen LogP contribution >= 0.6 is 24.8 Å². The Morgan fingerprint density at radius 3 is 2.07 bits per heavy atom. The predicted molar refractivity (Wildman–Crippen MR) is 70.3 cm³/mol. The van der Waals surface area contributed by atoms with Gasteiger partial charge in [-0.15, -0.1) is 12.6 Å². The summed E-state index contributed by atoms with van der Waals surface area (Å²) in [5, 5.41) is 2.98. The molecule has 1 N–H and O–H groups in total. The van der Waals surface area contributed by atoms with Crippen molar-refractivity contribution in [2.45, 2.75) is 26.2 Å². The molecule has 76 valence electrons. The third kappa shape index (κ3) is 3.31. The second kappa shape index (κ2) is 4.32. The molecule has 0 atom stereocenters. The van der Waals surface area contributed by atoms with Crippen molar-refractivity contribution in [3.05, 3.63) is 29.8 Å². The molecule has 3 heteroatoms. The van der Waals surface area contributed by atoms with Gasteiger partial charge in [-0.25, -0.2) is 0 Å². The Morgan fingerprint density at radius 2 is 1.71 bits per heavy atom. The molecule has 1 nitrogen and oxygen atoms in total. The molecule has 0 saturated heterocycles. The van der Waals surface area contributed by atoms with Gasteiger partial charge in [-0.2, -0.15) is 0 Å². The number of rotatable bonds is 1. The smallest absolute Gasteiger partial charge is 0.135 e. The van der Waals surface area contributed by atoms with Gasteiger partial charge in [0.05, 0.1) is 0 Å². The molecule has 0 spiro atoms. The first-order valence-corrected chi connectivity index (χ1v) is 5.35. The first-order chi connectivity index (χ1) is 6.39. The first-order valence-electron chi connectivity index (χ1n) is 4.50. The van der Waals surface area contributed by atoms with E-state index in [4.69, 9.17) is 12.2 Å². The van der Waals surface area contributed by atoms with Crippen molar-refractivity contribution in [1.82, 2.24) is 0 Å². The van der Waals surface area contributed by atoms with E-state index < -0.39 is 0 Å². The number of benzene rings is 1. The first kappa shape index (κ1) is 11.5. The molecule has 0 bridgehead atoms. The van der Waals surface area contributed by atoms with E-state index in [1.807, 2.05) is 12.1 Å². The zero-order valence-electron chi connectivity index (χ0n) is 8.66. The highest BCUT2D eigenvalue weighted by atomic mass is 32.1. The molecule has 0 radical (unpaired) electrons. The summed E-state index contributed by atoms with van der Waals surface area (Å²) in [6.07, 6.45) is 0. The van der Waals surface area contributed by atoms with Crippen LogP contribution in [0.3, 0.4) is 0 Å². The molecule has 0 aliphatic carbocycles. The normalized spacial score (nSPS) is 11.1. The molecule has 0 fully saturated rings. The van der Waals surface area contributed by atoms with E-state index in [0.29, 0.717) is 4.32 Å². The fourth-order valence-corrected chi connectivity index (χ4v) is 1.42. The molecule has 1 aromatic carbocycles. The van der Waals surface area contributed by atoms with Gasteiger partial charge < -0.3 is 5.32 Å². The van der Waals surface area contributed by atoms with E-state index in [1.165, 1.54) is 5.56 Å². The largest absolute Gasteiger partial charge is 0.341 e. The van der Waals surface area contributed by atoms with Crippen molar-refractivity contribution in [3.63, 3.8) is 0 Å². The molecular weight excluding hydrogens is 210 g/mol. The highest BCUT2D eigenvalue weighted by molar-refractivity contribution is 8.11. The summed E-state index contributed by atoms with van der Waals surface area (Å²) in [7, 11) is 0. The molecule has 0 heterocycles. The fraction of sp³-hybridized carbons (Fsp3) is 0.364. The highest BCUT2D eigenvalue weighted by Crippen LogP contribution is 2.23. The van der Waals surface area contributed by atoms with Crippen LogP contribution in [0.1, 0.15) is 26.3 Å². The monoisotopic (exact) mass is 225 g/mol. The average Bonchev–Trinajstić information content (AvgIpc) is 2.02. The molecular formula is C11H15NS2. The second-order valence-electron chi connectivity index (χ2n) is 4.26. The third-order valence-corrected chi connectivity index (χ3v) is 2.22. The number of thiocarbonyl (C=S) groups is 1. The lowest BCUT2D eigenvalue weighted by molar-refractivity contribution is 0.590. The summed E-state index contributed by atoms with van der Waals surface area (Å²) in [5.74, 6) is 0. The Morgan fingerprint density at radius 1 is 1.21 bits per heavy atom. The van der Waals surface area contributed by atoms with Crippen molar-refractivity contribution in [2.24, 2.45) is 0 Å². The summed E-state index contributed by atoms with van der Waals surface area (Å²) in [6.45, 7) is 6.58. The van der Waals surface area contributed by atoms with Crippen molar-refractivity contribution in [1.29, 1.82) is 0 Å². The molecule has 0 saturated carbocycles. The van der Waals surface area contributed by atoms with Gasteiger partial charge in [0.25, 0.3) is 0 Å². The lowest BCUT2D eigenvalue weighted by Crippen LogP contribution is -2.11. The van der Waals surface area contributed by atoms with Gasteiger partial charge in [-0.1, -0.05) is 45.1 Å². The van der Waals surface area contributed by atoms with Gasteiger partial charge >= 0.3 is 0 Å². The highest BCUT2D eigenvalue weighted by Gasteiger charge is 2.12. The number of hydrogen-bond donors (Lipinski definition) is 2. The Hall–Kier alpha value is -0.540. The SMILES string of the molecule is CC(C)(C)c1ccc(NC(=S)S)cc1. The Kier molecular flexibility index (Phi) is 3.56. The van der Waals surface area contributed by atoms with Crippen LogP contribution < -0.4 is 5.32 Å². The molecule has 0 aliphatic heterocycles. The van der Waals surface area contributed by atoms with Gasteiger partial charge in [0.15, 0.2) is 0 Å². The number of hydrogen-bond acceptors (Lipinski definition) is 1. The van der Waals surface area contributed by atoms with E-state index in [9.17, 15) is 0 Å². The van der Waals surface area contributed by atoms with Crippen LogP contribution in [0.2, 0.25) is 0 Å². The Bertz CT molecular complexity index is 322. The predicted octanol–water partition coefficient (Wildman–Crippen LogP) is 3.61. The van der Waals surface area contributed by atoms with E-state index in [1.54, 1.807) is 0 Å². The summed E-state index contributed by atoms with van der Waals surface area (Å²) >= 11 is 8.85. The fourth-order valence-electron chi connectivity index (χ4n) is 1.18. The molecule has 0 aromatic heterocycles. The standard InChI is InChI=1S/C11H15NS2/c1-11(2,3)8-4-6-9(7-5-8)12-10(13)14/h4-7H,1-3H3,(H2,12,13,14). The topological polar surface area (TPSA) is 12.0 Å². The zero-order valence-corrected chi connectivity index (χ0v) is 10.4. The molecule has 0 amide bonds. The lowest BCUT2D eigenvalue weighted by Gasteiger charge is -2.19. The third-order valence-electron chi connectivity index (χ3n) is 2.00. The Labute approximate surface area is 96.3 Å². The zero-order chi connectivity index (χ0) is 10.8. The van der Waals surface area contributed by atoms with Crippen LogP contribution in [0, 0.1) is 0 Å². The molecule has 1 rings (SSSR count). The van der Waals surface area contributed by atoms with Crippen molar-refractivity contribution < 1.29 is 0 Å². The van der Waals surface area contributed by atoms with Crippen LogP contribution in [0.4, 0.5) is 5.69 Å². The molecule has 0 aliphatic rings. The van der Waals surface area contributed by atoms with E-state index in [0.717, 1.165) is 5.69 Å². The number of anilines is 1. The van der Waals surface area contributed by atoms with Crippen LogP contribution in [0.15, 0.2) is 24.3 Å². The van der Waals surface area contributed by atoms with E-state index in [2.05, 4.69) is 50.8 Å². The minimum absolute atomic E-state index is 0.194. The second-order valence-corrected chi connectivity index (χ2v) is 5.42. The average molecular weight is 225 g/mol. The lowest BCUT2D eigenvalue weighted by atomic mass is 9.87. The maximum Gasteiger partial charge on any atom is 0.135 e. The van der Waals surface area contributed by atoms with Gasteiger partial charge in [0, 0.05) is 5.69 Å². The van der Waals surface area contributed by atoms with Gasteiger partial charge in [-0.05, 0) is 23.1 Å². The van der Waals surface area contributed by atoms with E-state index in [-0.39, 0.29) is 5.41 Å². The van der Waals surface area contributed by atoms with Crippen LogP contribution in [-0.4, -0.2) is 4.32 Å². The molecule has 14 heavy (non-hydrogen) atoms. The Balaban J connectivity index is 2.84. The quantitative estimate of drug-likeness (QED) is 0.559. The van der Waals surface area contributed by atoms with Gasteiger partial charge in [0.2, 0.25) is 0 Å². The summed E-state index contributed by atoms with van der Waals surface area (Å²) in [5.41, 5.74) is 2.49. The molecule has 0 unspecified atom stereocenters. The summed E-state index contributed by atoms with van der Waals surface area (Å²) < 4.78 is 0.494. The van der Waals surface area contributed by atoms with Crippen molar-refractivity contribution >= 4 is 34.9 Å². The number of thiol groups is 1. The minimum atomic E-state index is 0.194.